The first-order valence-corrected chi connectivity index (χ1v) is 7.36. The molecule has 0 N–H and O–H groups in total. The van der Waals surface area contributed by atoms with Crippen molar-refractivity contribution >= 4 is 28.9 Å². The Morgan fingerprint density at radius 2 is 2.14 bits per heavy atom. The molecule has 1 aromatic carbocycles. The summed E-state index contributed by atoms with van der Waals surface area (Å²) < 4.78 is 5.28. The monoisotopic (exact) mass is 304 g/mol. The van der Waals surface area contributed by atoms with Crippen molar-refractivity contribution in [3.63, 3.8) is 0 Å². The van der Waals surface area contributed by atoms with E-state index in [4.69, 9.17) is 16.0 Å². The van der Waals surface area contributed by atoms with Gasteiger partial charge in [-0.1, -0.05) is 11.6 Å². The molecular formula is C16H17ClN2O2. The predicted octanol–water partition coefficient (Wildman–Crippen LogP) is 3.35. The molecule has 4 nitrogen and oxygen atoms in total. The van der Waals surface area contributed by atoms with Crippen molar-refractivity contribution in [2.45, 2.75) is 12.8 Å². The van der Waals surface area contributed by atoms with Gasteiger partial charge in [0.25, 0.3) is 0 Å². The summed E-state index contributed by atoms with van der Waals surface area (Å²) in [6.07, 6.45) is 2.68. The Bertz CT molecular complexity index is 640. The topological polar surface area (TPSA) is 36.7 Å². The number of halogens is 1. The average molecular weight is 305 g/mol. The molecule has 0 fully saturated rings. The zero-order valence-corrected chi connectivity index (χ0v) is 12.6. The van der Waals surface area contributed by atoms with E-state index >= 15 is 0 Å². The van der Waals surface area contributed by atoms with Crippen LogP contribution in [0.4, 0.5) is 11.4 Å². The van der Waals surface area contributed by atoms with E-state index in [0.717, 1.165) is 23.7 Å². The predicted molar refractivity (Wildman–Crippen MR) is 84.1 cm³/mol. The number of hydrogen-bond donors (Lipinski definition) is 0. The highest BCUT2D eigenvalue weighted by Crippen LogP contribution is 2.34. The lowest BCUT2D eigenvalue weighted by Crippen LogP contribution is -2.42. The fourth-order valence-corrected chi connectivity index (χ4v) is 2.77. The van der Waals surface area contributed by atoms with E-state index in [2.05, 4.69) is 4.90 Å². The van der Waals surface area contributed by atoms with Crippen molar-refractivity contribution < 1.29 is 9.21 Å². The van der Waals surface area contributed by atoms with Gasteiger partial charge in [0.15, 0.2) is 0 Å². The van der Waals surface area contributed by atoms with Crippen LogP contribution in [-0.2, 0) is 11.2 Å². The van der Waals surface area contributed by atoms with Crippen molar-refractivity contribution in [2.75, 3.05) is 29.9 Å². The number of aryl methyl sites for hydroxylation is 1. The van der Waals surface area contributed by atoms with Gasteiger partial charge >= 0.3 is 0 Å². The molecule has 0 spiro atoms. The maximum absolute atomic E-state index is 12.5. The molecule has 1 aliphatic rings. The summed E-state index contributed by atoms with van der Waals surface area (Å²) in [6, 6.07) is 9.40. The fraction of sp³-hybridized carbons (Fsp3) is 0.312. The Morgan fingerprint density at radius 3 is 2.90 bits per heavy atom. The molecule has 5 heteroatoms. The van der Waals surface area contributed by atoms with Crippen LogP contribution in [0, 0.1) is 0 Å². The molecule has 21 heavy (non-hydrogen) atoms. The van der Waals surface area contributed by atoms with Crippen LogP contribution in [-0.4, -0.2) is 26.0 Å². The van der Waals surface area contributed by atoms with Crippen LogP contribution >= 0.6 is 11.6 Å². The Labute approximate surface area is 128 Å². The quantitative estimate of drug-likeness (QED) is 0.872. The minimum atomic E-state index is 0.100. The molecule has 0 atom stereocenters. The molecule has 1 aromatic heterocycles. The molecular weight excluding hydrogens is 288 g/mol. The summed E-state index contributed by atoms with van der Waals surface area (Å²) in [5.41, 5.74) is 1.93. The third-order valence-electron chi connectivity index (χ3n) is 3.76. The summed E-state index contributed by atoms with van der Waals surface area (Å²) >= 11 is 6.08. The molecule has 0 saturated carbocycles. The maximum atomic E-state index is 12.5. The molecule has 0 unspecified atom stereocenters. The SMILES string of the molecule is CN1CCN(C(=O)CCc2ccco2)c2cc(Cl)ccc21. The van der Waals surface area contributed by atoms with E-state index in [1.54, 1.807) is 6.26 Å². The Hall–Kier alpha value is -1.94. The lowest BCUT2D eigenvalue weighted by molar-refractivity contribution is -0.118. The zero-order chi connectivity index (χ0) is 14.8. The molecule has 0 radical (unpaired) electrons. The first-order chi connectivity index (χ1) is 10.1. The van der Waals surface area contributed by atoms with Crippen LogP contribution in [0.25, 0.3) is 0 Å². The van der Waals surface area contributed by atoms with Gasteiger partial charge in [0.05, 0.1) is 17.6 Å². The number of amides is 1. The van der Waals surface area contributed by atoms with Crippen molar-refractivity contribution in [1.29, 1.82) is 0 Å². The maximum Gasteiger partial charge on any atom is 0.227 e. The van der Waals surface area contributed by atoms with Crippen molar-refractivity contribution in [3.8, 4) is 0 Å². The highest BCUT2D eigenvalue weighted by atomic mass is 35.5. The Morgan fingerprint density at radius 1 is 1.29 bits per heavy atom. The summed E-state index contributed by atoms with van der Waals surface area (Å²) in [7, 11) is 2.03. The smallest absolute Gasteiger partial charge is 0.227 e. The number of anilines is 2. The molecule has 2 aromatic rings. The highest BCUT2D eigenvalue weighted by Gasteiger charge is 2.25. The van der Waals surface area contributed by atoms with Crippen LogP contribution in [0.2, 0.25) is 5.02 Å². The van der Waals surface area contributed by atoms with Gasteiger partial charge in [0.2, 0.25) is 5.91 Å². The molecule has 2 heterocycles. The summed E-state index contributed by atoms with van der Waals surface area (Å²) in [6.45, 7) is 1.50. The number of hydrogen-bond acceptors (Lipinski definition) is 3. The average Bonchev–Trinajstić information content (AvgIpc) is 2.98. The second-order valence-corrected chi connectivity index (χ2v) is 5.62. The van der Waals surface area contributed by atoms with E-state index in [1.165, 1.54) is 0 Å². The lowest BCUT2D eigenvalue weighted by Gasteiger charge is -2.35. The van der Waals surface area contributed by atoms with E-state index in [9.17, 15) is 4.79 Å². The number of likely N-dealkylation sites (N-methyl/N-ethyl adjacent to an activating group) is 1. The normalized spacial score (nSPS) is 14.2. The molecule has 1 amide bonds. The molecule has 3 rings (SSSR count). The first kappa shape index (κ1) is 14.0. The lowest BCUT2D eigenvalue weighted by atomic mass is 10.1. The number of rotatable bonds is 3. The second kappa shape index (κ2) is 5.82. The zero-order valence-electron chi connectivity index (χ0n) is 11.9. The van der Waals surface area contributed by atoms with Gasteiger partial charge in [-0.25, -0.2) is 0 Å². The van der Waals surface area contributed by atoms with Gasteiger partial charge in [0.1, 0.15) is 5.76 Å². The van der Waals surface area contributed by atoms with Crippen molar-refractivity contribution in [3.05, 3.63) is 47.4 Å². The number of carbonyl (C=O) groups is 1. The summed E-state index contributed by atoms with van der Waals surface area (Å²) in [4.78, 5) is 16.5. The standard InChI is InChI=1S/C16H17ClN2O2/c1-18-8-9-19(15-11-12(17)4-6-14(15)18)16(20)7-5-13-3-2-10-21-13/h2-4,6,10-11H,5,7-9H2,1H3. The van der Waals surface area contributed by atoms with Crippen molar-refractivity contribution in [2.24, 2.45) is 0 Å². The second-order valence-electron chi connectivity index (χ2n) is 5.18. The van der Waals surface area contributed by atoms with Crippen LogP contribution in [0.3, 0.4) is 0 Å². The number of fused-ring (bicyclic) bond motifs is 1. The van der Waals surface area contributed by atoms with Gasteiger partial charge in [-0.2, -0.15) is 0 Å². The van der Waals surface area contributed by atoms with E-state index in [-0.39, 0.29) is 5.91 Å². The molecule has 0 bridgehead atoms. The van der Waals surface area contributed by atoms with Crippen LogP contribution in [0.5, 0.6) is 0 Å². The summed E-state index contributed by atoms with van der Waals surface area (Å²) in [5.74, 6) is 0.937. The number of furan rings is 1. The fourth-order valence-electron chi connectivity index (χ4n) is 2.61. The third-order valence-corrected chi connectivity index (χ3v) is 4.00. The summed E-state index contributed by atoms with van der Waals surface area (Å²) in [5, 5.41) is 0.646. The number of benzene rings is 1. The van der Waals surface area contributed by atoms with Gasteiger partial charge in [-0.05, 0) is 30.3 Å². The van der Waals surface area contributed by atoms with Crippen LogP contribution in [0.1, 0.15) is 12.2 Å². The number of carbonyl (C=O) groups excluding carboxylic acids is 1. The molecule has 110 valence electrons. The Kier molecular flexibility index (Phi) is 3.88. The van der Waals surface area contributed by atoms with E-state index in [0.29, 0.717) is 24.4 Å². The largest absolute Gasteiger partial charge is 0.469 e. The van der Waals surface area contributed by atoms with Crippen molar-refractivity contribution in [1.82, 2.24) is 0 Å². The molecule has 1 aliphatic heterocycles. The third kappa shape index (κ3) is 2.90. The minimum Gasteiger partial charge on any atom is -0.469 e. The van der Waals surface area contributed by atoms with Crippen LogP contribution in [0.15, 0.2) is 41.0 Å². The van der Waals surface area contributed by atoms with Gasteiger partial charge in [-0.15, -0.1) is 0 Å². The number of nitrogens with zero attached hydrogens (tertiary/aromatic N) is 2. The van der Waals surface area contributed by atoms with Crippen LogP contribution < -0.4 is 9.80 Å². The molecule has 0 saturated heterocycles. The highest BCUT2D eigenvalue weighted by molar-refractivity contribution is 6.31. The van der Waals surface area contributed by atoms with E-state index in [1.807, 2.05) is 42.3 Å². The first-order valence-electron chi connectivity index (χ1n) is 6.98. The van der Waals surface area contributed by atoms with E-state index < -0.39 is 0 Å². The Balaban J connectivity index is 1.78. The van der Waals surface area contributed by atoms with Gasteiger partial charge in [-0.3, -0.25) is 4.79 Å². The van der Waals surface area contributed by atoms with Gasteiger partial charge in [0, 0.05) is 38.0 Å². The van der Waals surface area contributed by atoms with Gasteiger partial charge < -0.3 is 14.2 Å². The minimum absolute atomic E-state index is 0.100. The molecule has 0 aliphatic carbocycles.